The molecule has 166 valence electrons. The number of benzene rings is 1. The average Bonchev–Trinajstić information content (AvgIpc) is 3.10. The summed E-state index contributed by atoms with van der Waals surface area (Å²) in [7, 11) is 0. The summed E-state index contributed by atoms with van der Waals surface area (Å²) in [6.07, 6.45) is -2.48. The molecule has 0 saturated heterocycles. The number of ether oxygens (including phenoxy) is 1. The third-order valence-corrected chi connectivity index (χ3v) is 4.94. The molecular formula is C22H25F3N4O2. The van der Waals surface area contributed by atoms with Gasteiger partial charge in [0.15, 0.2) is 5.52 Å². The predicted octanol–water partition coefficient (Wildman–Crippen LogP) is 4.89. The number of aryl methyl sites for hydroxylation is 1. The smallest absolute Gasteiger partial charge is 0.379 e. The molecule has 0 saturated carbocycles. The van der Waals surface area contributed by atoms with E-state index in [9.17, 15) is 18.0 Å². The highest BCUT2D eigenvalue weighted by atomic mass is 19.4. The first-order valence-corrected chi connectivity index (χ1v) is 10.1. The zero-order valence-electron chi connectivity index (χ0n) is 17.7. The number of hydrogen-bond donors (Lipinski definition) is 1. The average molecular weight is 434 g/mol. The van der Waals surface area contributed by atoms with Gasteiger partial charge in [-0.05, 0) is 38.0 Å². The maximum atomic E-state index is 12.9. The van der Waals surface area contributed by atoms with Gasteiger partial charge in [0, 0.05) is 12.2 Å². The molecule has 0 fully saturated rings. The van der Waals surface area contributed by atoms with Gasteiger partial charge in [-0.25, -0.2) is 4.98 Å². The molecule has 0 aliphatic rings. The van der Waals surface area contributed by atoms with Crippen LogP contribution in [0, 0.1) is 6.92 Å². The zero-order valence-corrected chi connectivity index (χ0v) is 17.7. The highest BCUT2D eigenvalue weighted by Crippen LogP contribution is 2.32. The second-order valence-corrected chi connectivity index (χ2v) is 7.47. The van der Waals surface area contributed by atoms with E-state index < -0.39 is 11.7 Å². The number of nitrogens with zero attached hydrogens (tertiary/aromatic N) is 3. The molecule has 0 unspecified atom stereocenters. The lowest BCUT2D eigenvalue weighted by Gasteiger charge is -2.13. The standard InChI is InChI=1S/C22H25F3N4O2/c1-5-6-11-31-12-13(2)29-20-19(26-15(4)27-21(20)30)18(28-29)14(3)16-7-9-17(10-8-16)22(23,24)25/h7-10,13H,3,5-6,11-12H2,1-2,4H3,(H,26,27,30)/t13-/m0/s1. The van der Waals surface area contributed by atoms with Crippen LogP contribution in [-0.2, 0) is 10.9 Å². The maximum Gasteiger partial charge on any atom is 0.416 e. The predicted molar refractivity (Wildman–Crippen MR) is 113 cm³/mol. The molecule has 1 atom stereocenters. The number of nitrogens with one attached hydrogen (secondary N) is 1. The molecule has 6 nitrogen and oxygen atoms in total. The molecule has 0 amide bonds. The molecule has 9 heteroatoms. The van der Waals surface area contributed by atoms with Crippen LogP contribution in [0.3, 0.4) is 0 Å². The Kier molecular flexibility index (Phi) is 6.64. The van der Waals surface area contributed by atoms with Crippen molar-refractivity contribution in [3.63, 3.8) is 0 Å². The van der Waals surface area contributed by atoms with E-state index in [0.29, 0.717) is 41.4 Å². The van der Waals surface area contributed by atoms with Crippen LogP contribution < -0.4 is 5.56 Å². The summed E-state index contributed by atoms with van der Waals surface area (Å²) >= 11 is 0. The molecule has 1 aromatic carbocycles. The summed E-state index contributed by atoms with van der Waals surface area (Å²) in [6, 6.07) is 4.42. The minimum Gasteiger partial charge on any atom is -0.379 e. The first-order chi connectivity index (χ1) is 14.6. The van der Waals surface area contributed by atoms with E-state index in [1.54, 1.807) is 11.6 Å². The number of alkyl halides is 3. The maximum absolute atomic E-state index is 12.9. The van der Waals surface area contributed by atoms with Crippen LogP contribution >= 0.6 is 0 Å². The molecule has 0 aliphatic carbocycles. The Morgan fingerprint density at radius 2 is 1.97 bits per heavy atom. The van der Waals surface area contributed by atoms with Crippen LogP contribution in [0.2, 0.25) is 0 Å². The minimum absolute atomic E-state index is 0.251. The van der Waals surface area contributed by atoms with Gasteiger partial charge in [0.1, 0.15) is 17.0 Å². The quantitative estimate of drug-likeness (QED) is 0.513. The number of aromatic amines is 1. The van der Waals surface area contributed by atoms with Crippen LogP contribution in [0.15, 0.2) is 35.6 Å². The van der Waals surface area contributed by atoms with E-state index in [-0.39, 0.29) is 17.1 Å². The van der Waals surface area contributed by atoms with Crippen molar-refractivity contribution in [1.82, 2.24) is 19.7 Å². The van der Waals surface area contributed by atoms with E-state index in [0.717, 1.165) is 25.0 Å². The highest BCUT2D eigenvalue weighted by Gasteiger charge is 2.30. The number of unbranched alkanes of at least 4 members (excludes halogenated alkanes) is 1. The number of fused-ring (bicyclic) bond motifs is 1. The van der Waals surface area contributed by atoms with Crippen LogP contribution in [0.25, 0.3) is 16.6 Å². The molecule has 31 heavy (non-hydrogen) atoms. The SMILES string of the molecule is C=C(c1ccc(C(F)(F)F)cc1)c1nn([C@@H](C)COCCCC)c2c(=O)[nH]c(C)nc12. The molecule has 2 heterocycles. The molecule has 0 aliphatic heterocycles. The first kappa shape index (κ1) is 22.7. The second kappa shape index (κ2) is 9.05. The van der Waals surface area contributed by atoms with Gasteiger partial charge in [0.2, 0.25) is 0 Å². The summed E-state index contributed by atoms with van der Waals surface area (Å²) in [5.74, 6) is 0.408. The Bertz CT molecular complexity index is 1130. The normalized spacial score (nSPS) is 13.0. The molecule has 0 bridgehead atoms. The van der Waals surface area contributed by atoms with Gasteiger partial charge < -0.3 is 9.72 Å². The van der Waals surface area contributed by atoms with Crippen molar-refractivity contribution in [3.05, 3.63) is 63.8 Å². The van der Waals surface area contributed by atoms with Crippen molar-refractivity contribution in [3.8, 4) is 0 Å². The van der Waals surface area contributed by atoms with Crippen molar-refractivity contribution >= 4 is 16.6 Å². The van der Waals surface area contributed by atoms with Crippen LogP contribution in [0.4, 0.5) is 13.2 Å². The number of rotatable bonds is 8. The van der Waals surface area contributed by atoms with Gasteiger partial charge in [-0.3, -0.25) is 9.48 Å². The summed E-state index contributed by atoms with van der Waals surface area (Å²) in [4.78, 5) is 19.8. The van der Waals surface area contributed by atoms with Gasteiger partial charge >= 0.3 is 6.18 Å². The second-order valence-electron chi connectivity index (χ2n) is 7.47. The monoisotopic (exact) mass is 434 g/mol. The summed E-state index contributed by atoms with van der Waals surface area (Å²) < 4.78 is 45.9. The Labute approximate surface area is 177 Å². The third kappa shape index (κ3) is 4.87. The zero-order chi connectivity index (χ0) is 22.8. The minimum atomic E-state index is -4.42. The van der Waals surface area contributed by atoms with Gasteiger partial charge in [0.25, 0.3) is 5.56 Å². The summed E-state index contributed by atoms with van der Waals surface area (Å²) in [5, 5.41) is 4.57. The Hall–Kier alpha value is -2.94. The number of hydrogen-bond acceptors (Lipinski definition) is 4. The fourth-order valence-corrected chi connectivity index (χ4v) is 3.25. The summed E-state index contributed by atoms with van der Waals surface area (Å²) in [6.45, 7) is 10.6. The summed E-state index contributed by atoms with van der Waals surface area (Å²) in [5.41, 5.74) is 0.737. The third-order valence-electron chi connectivity index (χ3n) is 4.94. The van der Waals surface area contributed by atoms with Crippen molar-refractivity contribution < 1.29 is 17.9 Å². The van der Waals surface area contributed by atoms with Gasteiger partial charge in [-0.1, -0.05) is 32.1 Å². The Morgan fingerprint density at radius 1 is 1.29 bits per heavy atom. The highest BCUT2D eigenvalue weighted by molar-refractivity contribution is 5.91. The van der Waals surface area contributed by atoms with Gasteiger partial charge in [0.05, 0.1) is 18.2 Å². The molecule has 3 aromatic rings. The molecule has 0 spiro atoms. The van der Waals surface area contributed by atoms with Crippen molar-refractivity contribution in [2.75, 3.05) is 13.2 Å². The van der Waals surface area contributed by atoms with E-state index in [1.165, 1.54) is 12.1 Å². The lowest BCUT2D eigenvalue weighted by Crippen LogP contribution is -2.19. The van der Waals surface area contributed by atoms with Gasteiger partial charge in [-0.15, -0.1) is 0 Å². The van der Waals surface area contributed by atoms with Crippen LogP contribution in [0.1, 0.15) is 55.4 Å². The number of aromatic nitrogens is 4. The fraction of sp³-hybridized carbons (Fsp3) is 0.409. The first-order valence-electron chi connectivity index (χ1n) is 10.1. The number of H-pyrrole nitrogens is 1. The van der Waals surface area contributed by atoms with E-state index in [2.05, 4.69) is 28.6 Å². The van der Waals surface area contributed by atoms with Crippen molar-refractivity contribution in [2.45, 2.75) is 45.8 Å². The molecular weight excluding hydrogens is 409 g/mol. The molecule has 0 radical (unpaired) electrons. The fourth-order valence-electron chi connectivity index (χ4n) is 3.25. The lowest BCUT2D eigenvalue weighted by molar-refractivity contribution is -0.137. The largest absolute Gasteiger partial charge is 0.416 e. The molecule has 2 aromatic heterocycles. The Morgan fingerprint density at radius 3 is 2.58 bits per heavy atom. The van der Waals surface area contributed by atoms with E-state index in [1.807, 2.05) is 6.92 Å². The topological polar surface area (TPSA) is 72.8 Å². The van der Waals surface area contributed by atoms with E-state index >= 15 is 0 Å². The van der Waals surface area contributed by atoms with Gasteiger partial charge in [-0.2, -0.15) is 18.3 Å². The van der Waals surface area contributed by atoms with Crippen molar-refractivity contribution in [2.24, 2.45) is 0 Å². The lowest BCUT2D eigenvalue weighted by atomic mass is 10.0. The molecule has 1 N–H and O–H groups in total. The van der Waals surface area contributed by atoms with Crippen molar-refractivity contribution in [1.29, 1.82) is 0 Å². The molecule has 3 rings (SSSR count). The number of halogens is 3. The Balaban J connectivity index is 2.02. The van der Waals surface area contributed by atoms with Crippen LogP contribution in [0.5, 0.6) is 0 Å². The van der Waals surface area contributed by atoms with E-state index in [4.69, 9.17) is 4.74 Å². The van der Waals surface area contributed by atoms with Crippen LogP contribution in [-0.4, -0.2) is 33.0 Å².